The Bertz CT molecular complexity index is 1180. The van der Waals surface area contributed by atoms with E-state index in [9.17, 15) is 14.0 Å². The summed E-state index contributed by atoms with van der Waals surface area (Å²) in [7, 11) is 0. The first-order valence-corrected chi connectivity index (χ1v) is 11.4. The maximum atomic E-state index is 14.3. The highest BCUT2D eigenvalue weighted by Crippen LogP contribution is 2.18. The normalized spacial score (nSPS) is 10.7. The highest BCUT2D eigenvalue weighted by atomic mass is 32.1. The zero-order chi connectivity index (χ0) is 23.0. The number of halogens is 1. The molecule has 168 valence electrons. The number of thiophene rings is 1. The van der Waals surface area contributed by atoms with E-state index in [4.69, 9.17) is 4.42 Å². The van der Waals surface area contributed by atoms with Gasteiger partial charge in [0, 0.05) is 11.4 Å². The van der Waals surface area contributed by atoms with Crippen LogP contribution < -0.4 is 0 Å². The molecule has 0 unspecified atom stereocenters. The summed E-state index contributed by atoms with van der Waals surface area (Å²) in [6.45, 7) is 0.685. The minimum atomic E-state index is -0.626. The maximum Gasteiger partial charge on any atom is 0.257 e. The molecule has 0 saturated heterocycles. The smallest absolute Gasteiger partial charge is 0.257 e. The topological polar surface area (TPSA) is 53.8 Å². The third-order valence-corrected chi connectivity index (χ3v) is 6.00. The van der Waals surface area contributed by atoms with Crippen molar-refractivity contribution in [3.05, 3.63) is 118 Å². The van der Waals surface area contributed by atoms with Crippen molar-refractivity contribution in [3.8, 4) is 0 Å². The summed E-state index contributed by atoms with van der Waals surface area (Å²) in [5.74, 6) is -0.906. The number of benzene rings is 2. The third-order valence-electron chi connectivity index (χ3n) is 5.14. The van der Waals surface area contributed by atoms with Gasteiger partial charge in [0.25, 0.3) is 5.91 Å². The van der Waals surface area contributed by atoms with Crippen molar-refractivity contribution in [1.82, 2.24) is 9.80 Å². The lowest BCUT2D eigenvalue weighted by Gasteiger charge is -2.27. The van der Waals surface area contributed by atoms with E-state index >= 15 is 0 Å². The summed E-state index contributed by atoms with van der Waals surface area (Å²) in [4.78, 5) is 30.7. The summed E-state index contributed by atoms with van der Waals surface area (Å²) in [6.07, 6.45) is 1.50. The molecule has 33 heavy (non-hydrogen) atoms. The van der Waals surface area contributed by atoms with E-state index < -0.39 is 11.7 Å². The molecule has 0 atom stereocenters. The lowest BCUT2D eigenvalue weighted by molar-refractivity contribution is -0.133. The molecule has 2 aromatic carbocycles. The molecule has 0 spiro atoms. The molecule has 2 aromatic heterocycles. The molecule has 0 aliphatic carbocycles. The van der Waals surface area contributed by atoms with Gasteiger partial charge in [0.2, 0.25) is 5.91 Å². The standard InChI is InChI=1S/C26H23FN2O3S/c27-24-13-5-4-12-23(24)26(31)29(17-21-10-6-14-32-21)19-25(30)28(18-22-11-7-15-33-22)16-20-8-2-1-3-9-20/h1-15H,16-19H2. The molecule has 7 heteroatoms. The summed E-state index contributed by atoms with van der Waals surface area (Å²) < 4.78 is 19.7. The fourth-order valence-electron chi connectivity index (χ4n) is 3.49. The van der Waals surface area contributed by atoms with E-state index in [0.29, 0.717) is 18.8 Å². The lowest BCUT2D eigenvalue weighted by atomic mass is 10.1. The Balaban J connectivity index is 1.58. The van der Waals surface area contributed by atoms with Gasteiger partial charge in [0.1, 0.15) is 18.1 Å². The van der Waals surface area contributed by atoms with Gasteiger partial charge < -0.3 is 14.2 Å². The van der Waals surface area contributed by atoms with Gasteiger partial charge in [-0.2, -0.15) is 0 Å². The number of nitrogens with zero attached hydrogens (tertiary/aromatic N) is 2. The van der Waals surface area contributed by atoms with Crippen LogP contribution in [0.2, 0.25) is 0 Å². The number of amides is 2. The van der Waals surface area contributed by atoms with Crippen molar-refractivity contribution in [3.63, 3.8) is 0 Å². The molecule has 0 bridgehead atoms. The summed E-state index contributed by atoms with van der Waals surface area (Å²) in [6, 6.07) is 22.8. The Kier molecular flexibility index (Phi) is 7.32. The minimum Gasteiger partial charge on any atom is -0.467 e. The molecule has 0 fully saturated rings. The van der Waals surface area contributed by atoms with Gasteiger partial charge in [-0.25, -0.2) is 4.39 Å². The molecule has 0 saturated carbocycles. The fraction of sp³-hybridized carbons (Fsp3) is 0.154. The van der Waals surface area contributed by atoms with Crippen LogP contribution in [0.15, 0.2) is 94.9 Å². The van der Waals surface area contributed by atoms with E-state index in [0.717, 1.165) is 10.4 Å². The molecule has 0 aliphatic rings. The van der Waals surface area contributed by atoms with Crippen LogP contribution in [0.3, 0.4) is 0 Å². The summed E-state index contributed by atoms with van der Waals surface area (Å²) in [5.41, 5.74) is 0.908. The number of hydrogen-bond donors (Lipinski definition) is 0. The molecule has 4 rings (SSSR count). The van der Waals surface area contributed by atoms with Crippen LogP contribution in [0, 0.1) is 5.82 Å². The van der Waals surface area contributed by atoms with Crippen molar-refractivity contribution >= 4 is 23.2 Å². The molecule has 5 nitrogen and oxygen atoms in total. The van der Waals surface area contributed by atoms with Gasteiger partial charge in [-0.05, 0) is 41.3 Å². The predicted molar refractivity (Wildman–Crippen MR) is 125 cm³/mol. The van der Waals surface area contributed by atoms with Crippen molar-refractivity contribution in [2.24, 2.45) is 0 Å². The largest absolute Gasteiger partial charge is 0.467 e. The SMILES string of the molecule is O=C(CN(Cc1ccco1)C(=O)c1ccccc1F)N(Cc1ccccc1)Cc1cccs1. The Morgan fingerprint density at radius 2 is 1.61 bits per heavy atom. The number of carbonyl (C=O) groups is 2. The lowest BCUT2D eigenvalue weighted by Crippen LogP contribution is -2.42. The molecule has 0 aliphatic heterocycles. The molecular weight excluding hydrogens is 439 g/mol. The first-order valence-electron chi connectivity index (χ1n) is 10.5. The number of hydrogen-bond acceptors (Lipinski definition) is 4. The monoisotopic (exact) mass is 462 g/mol. The fourth-order valence-corrected chi connectivity index (χ4v) is 4.20. The highest BCUT2D eigenvalue weighted by Gasteiger charge is 2.25. The number of carbonyl (C=O) groups excluding carboxylic acids is 2. The molecule has 0 N–H and O–H groups in total. The average Bonchev–Trinajstić information content (AvgIpc) is 3.53. The second kappa shape index (κ2) is 10.7. The molecule has 2 amide bonds. The summed E-state index contributed by atoms with van der Waals surface area (Å²) >= 11 is 1.57. The average molecular weight is 463 g/mol. The first kappa shape index (κ1) is 22.5. The minimum absolute atomic E-state index is 0.0596. The van der Waals surface area contributed by atoms with E-state index in [1.807, 2.05) is 47.8 Å². The Morgan fingerprint density at radius 3 is 2.30 bits per heavy atom. The van der Waals surface area contributed by atoms with E-state index in [1.165, 1.54) is 29.4 Å². The van der Waals surface area contributed by atoms with Gasteiger partial charge >= 0.3 is 0 Å². The zero-order valence-electron chi connectivity index (χ0n) is 17.9. The highest BCUT2D eigenvalue weighted by molar-refractivity contribution is 7.09. The van der Waals surface area contributed by atoms with E-state index in [2.05, 4.69) is 0 Å². The Morgan fingerprint density at radius 1 is 0.818 bits per heavy atom. The number of rotatable bonds is 9. The van der Waals surface area contributed by atoms with Crippen LogP contribution in [-0.4, -0.2) is 28.2 Å². The molecule has 4 aromatic rings. The van der Waals surface area contributed by atoms with Crippen LogP contribution in [0.1, 0.15) is 26.6 Å². The van der Waals surface area contributed by atoms with Crippen molar-refractivity contribution in [2.45, 2.75) is 19.6 Å². The second-order valence-corrected chi connectivity index (χ2v) is 8.57. The zero-order valence-corrected chi connectivity index (χ0v) is 18.7. The van der Waals surface area contributed by atoms with Gasteiger partial charge in [-0.1, -0.05) is 48.5 Å². The van der Waals surface area contributed by atoms with Gasteiger partial charge in [0.15, 0.2) is 0 Å². The predicted octanol–water partition coefficient (Wildman–Crippen LogP) is 5.35. The van der Waals surface area contributed by atoms with Gasteiger partial charge in [-0.3, -0.25) is 9.59 Å². The van der Waals surface area contributed by atoms with Crippen molar-refractivity contribution in [2.75, 3.05) is 6.54 Å². The summed E-state index contributed by atoms with van der Waals surface area (Å²) in [5, 5.41) is 1.96. The molecule has 0 radical (unpaired) electrons. The van der Waals surface area contributed by atoms with Crippen molar-refractivity contribution < 1.29 is 18.4 Å². The quantitative estimate of drug-likeness (QED) is 0.337. The second-order valence-electron chi connectivity index (χ2n) is 7.54. The van der Waals surface area contributed by atoms with Crippen LogP contribution in [0.25, 0.3) is 0 Å². The Labute approximate surface area is 195 Å². The van der Waals surface area contributed by atoms with Gasteiger partial charge in [0.05, 0.1) is 24.9 Å². The third kappa shape index (κ3) is 5.96. The van der Waals surface area contributed by atoms with Crippen LogP contribution in [-0.2, 0) is 24.4 Å². The Hall–Kier alpha value is -3.71. The first-order chi connectivity index (χ1) is 16.1. The van der Waals surface area contributed by atoms with Crippen LogP contribution in [0.5, 0.6) is 0 Å². The number of furan rings is 1. The molecular formula is C26H23FN2O3S. The maximum absolute atomic E-state index is 14.3. The van der Waals surface area contributed by atoms with Crippen LogP contribution in [0.4, 0.5) is 4.39 Å². The van der Waals surface area contributed by atoms with Gasteiger partial charge in [-0.15, -0.1) is 11.3 Å². The van der Waals surface area contributed by atoms with E-state index in [1.54, 1.807) is 34.4 Å². The molecule has 2 heterocycles. The van der Waals surface area contributed by atoms with E-state index in [-0.39, 0.29) is 24.6 Å². The van der Waals surface area contributed by atoms with Crippen LogP contribution >= 0.6 is 11.3 Å². The van der Waals surface area contributed by atoms with Crippen molar-refractivity contribution in [1.29, 1.82) is 0 Å².